The van der Waals surface area contributed by atoms with E-state index in [4.69, 9.17) is 10.5 Å². The lowest BCUT2D eigenvalue weighted by molar-refractivity contribution is -0.117. The number of nitrogens with two attached hydrogens (primary N) is 1. The molecule has 1 aliphatic rings. The molecule has 2 heterocycles. The second-order valence-electron chi connectivity index (χ2n) is 3.94. The Morgan fingerprint density at radius 2 is 2.21 bits per heavy atom. The summed E-state index contributed by atoms with van der Waals surface area (Å²) >= 11 is 0. The third kappa shape index (κ3) is 2.72. The number of ether oxygens (including phenoxy) is 1. The fourth-order valence-electron chi connectivity index (χ4n) is 1.71. The number of methoxy groups -OCH3 is 1. The summed E-state index contributed by atoms with van der Waals surface area (Å²) in [6, 6.07) is 1.34. The van der Waals surface area contributed by atoms with Gasteiger partial charge in [0.2, 0.25) is 17.7 Å². The lowest BCUT2D eigenvalue weighted by atomic mass is 10.4. The Bertz CT molecular complexity index is 621. The topological polar surface area (TPSA) is 115 Å². The third-order valence-electron chi connectivity index (χ3n) is 2.65. The molecule has 19 heavy (non-hydrogen) atoms. The van der Waals surface area contributed by atoms with E-state index in [1.54, 1.807) is 0 Å². The van der Waals surface area contributed by atoms with Crippen molar-refractivity contribution in [1.29, 1.82) is 0 Å². The van der Waals surface area contributed by atoms with Gasteiger partial charge in [-0.05, 0) is 0 Å². The van der Waals surface area contributed by atoms with E-state index in [1.165, 1.54) is 13.2 Å². The molecule has 1 aliphatic heterocycles. The van der Waals surface area contributed by atoms with Gasteiger partial charge in [0.25, 0.3) is 0 Å². The molecule has 1 aromatic heterocycles. The Kier molecular flexibility index (Phi) is 3.27. The molecule has 104 valence electrons. The van der Waals surface area contributed by atoms with Crippen molar-refractivity contribution in [1.82, 2.24) is 9.97 Å². The van der Waals surface area contributed by atoms with Crippen LogP contribution in [0, 0.1) is 0 Å². The first kappa shape index (κ1) is 13.5. The minimum Gasteiger partial charge on any atom is -0.481 e. The second-order valence-corrected chi connectivity index (χ2v) is 5.56. The molecule has 1 fully saturated rings. The molecule has 1 saturated heterocycles. The van der Waals surface area contributed by atoms with Crippen LogP contribution in [0.2, 0.25) is 0 Å². The van der Waals surface area contributed by atoms with Crippen LogP contribution >= 0.6 is 0 Å². The summed E-state index contributed by atoms with van der Waals surface area (Å²) in [5, 5.41) is -1.41. The SMILES string of the molecule is COc1cc(N)nc(N2CC(S(=O)(=O)F)CC2=O)n1. The molecule has 0 bridgehead atoms. The van der Waals surface area contributed by atoms with Crippen LogP contribution in [0.1, 0.15) is 6.42 Å². The second kappa shape index (κ2) is 4.61. The van der Waals surface area contributed by atoms with Gasteiger partial charge in [-0.1, -0.05) is 0 Å². The highest BCUT2D eigenvalue weighted by Crippen LogP contribution is 2.25. The molecule has 1 amide bonds. The summed E-state index contributed by atoms with van der Waals surface area (Å²) in [5.74, 6) is -0.505. The molecule has 0 spiro atoms. The minimum atomic E-state index is -4.78. The summed E-state index contributed by atoms with van der Waals surface area (Å²) in [6.07, 6.45) is -0.445. The van der Waals surface area contributed by atoms with Gasteiger partial charge in [0.15, 0.2) is 0 Å². The predicted molar refractivity (Wildman–Crippen MR) is 63.8 cm³/mol. The molecule has 0 aliphatic carbocycles. The number of carbonyl (C=O) groups is 1. The molecular weight excluding hydrogens is 279 g/mol. The van der Waals surface area contributed by atoms with Crippen molar-refractivity contribution in [3.05, 3.63) is 6.07 Å². The van der Waals surface area contributed by atoms with Crippen molar-refractivity contribution < 1.29 is 21.8 Å². The standard InChI is InChI=1S/C9H11FN4O4S/c1-18-7-3-6(11)12-9(13-7)14-4-5(2-8(14)15)19(10,16)17/h3,5H,2,4H2,1H3,(H2,11,12,13). The molecule has 2 rings (SSSR count). The monoisotopic (exact) mass is 290 g/mol. The van der Waals surface area contributed by atoms with Gasteiger partial charge in [-0.25, -0.2) is 0 Å². The molecule has 0 saturated carbocycles. The predicted octanol–water partition coefficient (Wildman–Crippen LogP) is -0.528. The van der Waals surface area contributed by atoms with E-state index in [0.29, 0.717) is 0 Å². The molecule has 1 atom stereocenters. The number of carbonyl (C=O) groups excluding carboxylic acids is 1. The Morgan fingerprint density at radius 3 is 2.74 bits per heavy atom. The lowest BCUT2D eigenvalue weighted by Gasteiger charge is -2.14. The van der Waals surface area contributed by atoms with E-state index < -0.39 is 27.8 Å². The van der Waals surface area contributed by atoms with Crippen molar-refractivity contribution in [2.75, 3.05) is 24.3 Å². The van der Waals surface area contributed by atoms with Crippen molar-refractivity contribution >= 4 is 27.9 Å². The molecule has 10 heteroatoms. The van der Waals surface area contributed by atoms with Crippen LogP contribution in [0.4, 0.5) is 15.7 Å². The van der Waals surface area contributed by atoms with Crippen molar-refractivity contribution in [2.24, 2.45) is 0 Å². The number of aromatic nitrogens is 2. The first-order chi connectivity index (χ1) is 8.81. The van der Waals surface area contributed by atoms with Gasteiger partial charge >= 0.3 is 10.2 Å². The Balaban J connectivity index is 2.33. The number of hydrogen-bond acceptors (Lipinski definition) is 7. The van der Waals surface area contributed by atoms with Gasteiger partial charge in [-0.15, -0.1) is 3.89 Å². The summed E-state index contributed by atoms with van der Waals surface area (Å²) in [5.41, 5.74) is 5.51. The largest absolute Gasteiger partial charge is 0.481 e. The van der Waals surface area contributed by atoms with Crippen LogP contribution in [-0.4, -0.2) is 43.2 Å². The van der Waals surface area contributed by atoms with Crippen LogP contribution in [0.3, 0.4) is 0 Å². The van der Waals surface area contributed by atoms with Gasteiger partial charge in [0.1, 0.15) is 11.1 Å². The zero-order valence-electron chi connectivity index (χ0n) is 9.91. The average molecular weight is 290 g/mol. The maximum atomic E-state index is 12.9. The fraction of sp³-hybridized carbons (Fsp3) is 0.444. The van der Waals surface area contributed by atoms with Crippen molar-refractivity contribution in [3.63, 3.8) is 0 Å². The first-order valence-corrected chi connectivity index (χ1v) is 6.68. The van der Waals surface area contributed by atoms with Crippen LogP contribution in [0.5, 0.6) is 5.88 Å². The fourth-order valence-corrected chi connectivity index (χ4v) is 2.38. The van der Waals surface area contributed by atoms with Crippen LogP contribution in [0.15, 0.2) is 6.07 Å². The molecule has 1 unspecified atom stereocenters. The number of halogens is 1. The minimum absolute atomic E-state index is 0.0567. The molecular formula is C9H11FN4O4S. The van der Waals surface area contributed by atoms with E-state index in [9.17, 15) is 17.1 Å². The molecule has 0 aromatic carbocycles. The van der Waals surface area contributed by atoms with E-state index in [1.807, 2.05) is 0 Å². The normalized spacial score (nSPS) is 19.8. The van der Waals surface area contributed by atoms with Gasteiger partial charge in [0.05, 0.1) is 7.11 Å². The highest BCUT2D eigenvalue weighted by Gasteiger charge is 2.40. The summed E-state index contributed by atoms with van der Waals surface area (Å²) in [6.45, 7) is -0.343. The number of rotatable bonds is 3. The van der Waals surface area contributed by atoms with E-state index in [2.05, 4.69) is 9.97 Å². The summed E-state index contributed by atoms with van der Waals surface area (Å²) in [7, 11) is -3.43. The molecule has 1 aromatic rings. The van der Waals surface area contributed by atoms with Crippen LogP contribution in [0.25, 0.3) is 0 Å². The quantitative estimate of drug-likeness (QED) is 0.744. The van der Waals surface area contributed by atoms with Crippen molar-refractivity contribution in [3.8, 4) is 5.88 Å². The lowest BCUT2D eigenvalue weighted by Crippen LogP contribution is -2.28. The number of anilines is 2. The van der Waals surface area contributed by atoms with E-state index >= 15 is 0 Å². The third-order valence-corrected chi connectivity index (χ3v) is 3.76. The number of nitrogen functional groups attached to an aromatic ring is 1. The Labute approximate surface area is 108 Å². The Morgan fingerprint density at radius 1 is 1.53 bits per heavy atom. The van der Waals surface area contributed by atoms with Gasteiger partial charge in [-0.3, -0.25) is 9.69 Å². The van der Waals surface area contributed by atoms with Gasteiger partial charge in [0, 0.05) is 19.0 Å². The molecule has 8 nitrogen and oxygen atoms in total. The van der Waals surface area contributed by atoms with Crippen molar-refractivity contribution in [2.45, 2.75) is 11.7 Å². The summed E-state index contributed by atoms with van der Waals surface area (Å²) in [4.78, 5) is 20.3. The smallest absolute Gasteiger partial charge is 0.307 e. The van der Waals surface area contributed by atoms with E-state index in [0.717, 1.165) is 4.90 Å². The maximum absolute atomic E-state index is 12.9. The number of hydrogen-bond donors (Lipinski definition) is 1. The first-order valence-electron chi connectivity index (χ1n) is 5.23. The average Bonchev–Trinajstić information content (AvgIpc) is 2.70. The van der Waals surface area contributed by atoms with Gasteiger partial charge in [-0.2, -0.15) is 18.4 Å². The highest BCUT2D eigenvalue weighted by molar-refractivity contribution is 7.87. The molecule has 2 N–H and O–H groups in total. The van der Waals surface area contributed by atoms with Gasteiger partial charge < -0.3 is 10.5 Å². The maximum Gasteiger partial charge on any atom is 0.307 e. The molecule has 0 radical (unpaired) electrons. The van der Waals surface area contributed by atoms with Crippen LogP contribution < -0.4 is 15.4 Å². The number of nitrogens with zero attached hydrogens (tertiary/aromatic N) is 3. The zero-order valence-corrected chi connectivity index (χ0v) is 10.7. The number of amides is 1. The zero-order chi connectivity index (χ0) is 14.2. The van der Waals surface area contributed by atoms with E-state index in [-0.39, 0.29) is 24.2 Å². The summed E-state index contributed by atoms with van der Waals surface area (Å²) < 4.78 is 39.4. The van der Waals surface area contributed by atoms with Crippen LogP contribution in [-0.2, 0) is 15.0 Å². The highest BCUT2D eigenvalue weighted by atomic mass is 32.3. The Hall–Kier alpha value is -1.97.